The molecule has 1 saturated heterocycles. The van der Waals surface area contributed by atoms with Crippen LogP contribution < -0.4 is 5.73 Å². The van der Waals surface area contributed by atoms with Gasteiger partial charge in [-0.2, -0.15) is 0 Å². The van der Waals surface area contributed by atoms with Crippen molar-refractivity contribution in [3.05, 3.63) is 34.9 Å². The van der Waals surface area contributed by atoms with E-state index in [0.717, 1.165) is 36.9 Å². The Balaban J connectivity index is 2.33. The van der Waals surface area contributed by atoms with Crippen LogP contribution in [0.3, 0.4) is 0 Å². The summed E-state index contributed by atoms with van der Waals surface area (Å²) in [4.78, 5) is 14.9. The van der Waals surface area contributed by atoms with Crippen LogP contribution in [0.5, 0.6) is 0 Å². The lowest BCUT2D eigenvalue weighted by Crippen LogP contribution is -2.43. The van der Waals surface area contributed by atoms with Crippen molar-refractivity contribution in [3.63, 3.8) is 0 Å². The number of hydrogen-bond acceptors (Lipinski definition) is 2. The van der Waals surface area contributed by atoms with Gasteiger partial charge >= 0.3 is 0 Å². The molecule has 1 aliphatic rings. The molecule has 0 bridgehead atoms. The lowest BCUT2D eigenvalue weighted by Gasteiger charge is -2.35. The van der Waals surface area contributed by atoms with Gasteiger partial charge in [0.25, 0.3) is 5.91 Å². The zero-order valence-electron chi connectivity index (χ0n) is 13.0. The molecule has 0 aromatic heterocycles. The Bertz CT molecular complexity index is 568. The molecule has 1 unspecified atom stereocenters. The first-order valence-corrected chi connectivity index (χ1v) is 7.78. The summed E-state index contributed by atoms with van der Waals surface area (Å²) in [6.45, 7) is 5.33. The van der Waals surface area contributed by atoms with E-state index in [1.165, 1.54) is 6.42 Å². The number of carbonyl (C=O) groups is 1. The van der Waals surface area contributed by atoms with E-state index in [9.17, 15) is 4.79 Å². The van der Waals surface area contributed by atoms with E-state index < -0.39 is 0 Å². The Labute approximate surface area is 127 Å². The van der Waals surface area contributed by atoms with Crippen molar-refractivity contribution in [1.82, 2.24) is 4.90 Å². The highest BCUT2D eigenvalue weighted by Crippen LogP contribution is 2.23. The summed E-state index contributed by atoms with van der Waals surface area (Å²) >= 11 is 0. The molecule has 21 heavy (non-hydrogen) atoms. The maximum Gasteiger partial charge on any atom is 0.255 e. The third-order valence-corrected chi connectivity index (χ3v) is 4.09. The first kappa shape index (κ1) is 15.6. The molecular formula is C18H24N2O. The Kier molecular flexibility index (Phi) is 5.41. The third kappa shape index (κ3) is 3.65. The molecule has 3 heteroatoms. The molecule has 2 rings (SSSR count). The maximum absolute atomic E-state index is 12.9. The van der Waals surface area contributed by atoms with Crippen molar-refractivity contribution in [3.8, 4) is 11.8 Å². The molecule has 1 fully saturated rings. The highest BCUT2D eigenvalue weighted by Gasteiger charge is 2.27. The number of nitrogens with zero attached hydrogens (tertiary/aromatic N) is 1. The topological polar surface area (TPSA) is 46.3 Å². The van der Waals surface area contributed by atoms with Gasteiger partial charge in [0, 0.05) is 18.2 Å². The largest absolute Gasteiger partial charge is 0.336 e. The number of aryl methyl sites for hydroxylation is 1. The van der Waals surface area contributed by atoms with Gasteiger partial charge in [-0.25, -0.2) is 0 Å². The molecule has 0 saturated carbocycles. The normalized spacial score (nSPS) is 18.0. The van der Waals surface area contributed by atoms with Crippen LogP contribution in [0.2, 0.25) is 0 Å². The number of likely N-dealkylation sites (tertiary alicyclic amines) is 1. The minimum Gasteiger partial charge on any atom is -0.336 e. The standard InChI is InChI=1S/C18H24N2O/c1-3-16-8-4-5-12-20(16)18(21)17-10-9-14(2)13-15(17)7-6-11-19/h9-10,13,16H,3-5,8,11-12,19H2,1-2H3. The summed E-state index contributed by atoms with van der Waals surface area (Å²) < 4.78 is 0. The zero-order valence-corrected chi connectivity index (χ0v) is 13.0. The van der Waals surface area contributed by atoms with E-state index in [1.54, 1.807) is 0 Å². The molecule has 0 spiro atoms. The molecule has 3 nitrogen and oxygen atoms in total. The molecule has 1 atom stereocenters. The quantitative estimate of drug-likeness (QED) is 0.849. The predicted octanol–water partition coefficient (Wildman–Crippen LogP) is 2.71. The fourth-order valence-corrected chi connectivity index (χ4v) is 2.94. The van der Waals surface area contributed by atoms with Gasteiger partial charge in [0.2, 0.25) is 0 Å². The maximum atomic E-state index is 12.9. The van der Waals surface area contributed by atoms with Gasteiger partial charge in [-0.1, -0.05) is 24.8 Å². The first-order valence-electron chi connectivity index (χ1n) is 7.78. The Hall–Kier alpha value is -1.79. The molecule has 1 aromatic rings. The fourth-order valence-electron chi connectivity index (χ4n) is 2.94. The van der Waals surface area contributed by atoms with Gasteiger partial charge in [0.05, 0.1) is 12.1 Å². The van der Waals surface area contributed by atoms with Gasteiger partial charge in [-0.05, 0) is 50.3 Å². The molecule has 1 aromatic carbocycles. The summed E-state index contributed by atoms with van der Waals surface area (Å²) in [6, 6.07) is 6.22. The van der Waals surface area contributed by atoms with Crippen LogP contribution in [0.25, 0.3) is 0 Å². The van der Waals surface area contributed by atoms with Crippen molar-refractivity contribution >= 4 is 5.91 Å². The highest BCUT2D eigenvalue weighted by atomic mass is 16.2. The van der Waals surface area contributed by atoms with Crippen molar-refractivity contribution in [2.75, 3.05) is 13.1 Å². The number of benzene rings is 1. The van der Waals surface area contributed by atoms with E-state index >= 15 is 0 Å². The number of rotatable bonds is 2. The average Bonchev–Trinajstić information content (AvgIpc) is 2.52. The van der Waals surface area contributed by atoms with Gasteiger partial charge in [0.15, 0.2) is 0 Å². The van der Waals surface area contributed by atoms with Crippen LogP contribution in [-0.4, -0.2) is 29.9 Å². The Morgan fingerprint density at radius 2 is 2.24 bits per heavy atom. The van der Waals surface area contributed by atoms with Crippen LogP contribution in [0.15, 0.2) is 18.2 Å². The van der Waals surface area contributed by atoms with Crippen molar-refractivity contribution < 1.29 is 4.79 Å². The number of amides is 1. The van der Waals surface area contributed by atoms with Crippen LogP contribution in [0.1, 0.15) is 54.1 Å². The monoisotopic (exact) mass is 284 g/mol. The second kappa shape index (κ2) is 7.28. The van der Waals surface area contributed by atoms with Crippen LogP contribution in [0, 0.1) is 18.8 Å². The smallest absolute Gasteiger partial charge is 0.255 e. The van der Waals surface area contributed by atoms with Crippen molar-refractivity contribution in [2.45, 2.75) is 45.6 Å². The molecule has 1 aliphatic heterocycles. The number of carbonyl (C=O) groups excluding carboxylic acids is 1. The predicted molar refractivity (Wildman–Crippen MR) is 86.1 cm³/mol. The summed E-state index contributed by atoms with van der Waals surface area (Å²) in [6.07, 6.45) is 4.44. The van der Waals surface area contributed by atoms with E-state index in [-0.39, 0.29) is 5.91 Å². The van der Waals surface area contributed by atoms with E-state index in [4.69, 9.17) is 5.73 Å². The highest BCUT2D eigenvalue weighted by molar-refractivity contribution is 5.97. The zero-order chi connectivity index (χ0) is 15.2. The molecule has 112 valence electrons. The van der Waals surface area contributed by atoms with E-state index in [1.807, 2.05) is 30.0 Å². The molecule has 1 heterocycles. The van der Waals surface area contributed by atoms with Crippen molar-refractivity contribution in [2.24, 2.45) is 5.73 Å². The van der Waals surface area contributed by atoms with Crippen LogP contribution in [0.4, 0.5) is 0 Å². The fraction of sp³-hybridized carbons (Fsp3) is 0.500. The first-order chi connectivity index (χ1) is 10.2. The van der Waals surface area contributed by atoms with Gasteiger partial charge in [-0.3, -0.25) is 4.79 Å². The molecule has 0 radical (unpaired) electrons. The second-order valence-electron chi connectivity index (χ2n) is 5.61. The Morgan fingerprint density at radius 1 is 1.43 bits per heavy atom. The SMILES string of the molecule is CCC1CCCCN1C(=O)c1ccc(C)cc1C#CCN. The summed E-state index contributed by atoms with van der Waals surface area (Å²) in [5.74, 6) is 6.02. The number of nitrogens with two attached hydrogens (primary N) is 1. The summed E-state index contributed by atoms with van der Waals surface area (Å²) in [5.41, 5.74) is 8.08. The minimum absolute atomic E-state index is 0.114. The van der Waals surface area contributed by atoms with Crippen LogP contribution >= 0.6 is 0 Å². The van der Waals surface area contributed by atoms with Crippen LogP contribution in [-0.2, 0) is 0 Å². The molecule has 1 amide bonds. The van der Waals surface area contributed by atoms with Gasteiger partial charge in [0.1, 0.15) is 0 Å². The molecular weight excluding hydrogens is 260 g/mol. The van der Waals surface area contributed by atoms with E-state index in [2.05, 4.69) is 18.8 Å². The summed E-state index contributed by atoms with van der Waals surface area (Å²) in [5, 5.41) is 0. The number of hydrogen-bond donors (Lipinski definition) is 1. The van der Waals surface area contributed by atoms with Gasteiger partial charge in [-0.15, -0.1) is 0 Å². The van der Waals surface area contributed by atoms with E-state index in [0.29, 0.717) is 18.2 Å². The Morgan fingerprint density at radius 3 is 2.95 bits per heavy atom. The number of piperidine rings is 1. The van der Waals surface area contributed by atoms with Gasteiger partial charge < -0.3 is 10.6 Å². The molecule has 2 N–H and O–H groups in total. The third-order valence-electron chi connectivity index (χ3n) is 4.09. The summed E-state index contributed by atoms with van der Waals surface area (Å²) in [7, 11) is 0. The lowest BCUT2D eigenvalue weighted by atomic mass is 9.97. The average molecular weight is 284 g/mol. The molecule has 0 aliphatic carbocycles. The second-order valence-corrected chi connectivity index (χ2v) is 5.61. The lowest BCUT2D eigenvalue weighted by molar-refractivity contribution is 0.0608. The minimum atomic E-state index is 0.114. The van der Waals surface area contributed by atoms with Crippen molar-refractivity contribution in [1.29, 1.82) is 0 Å².